The normalized spacial score (nSPS) is 27.6. The van der Waals surface area contributed by atoms with E-state index in [1.807, 2.05) is 97.1 Å². The Balaban J connectivity index is 1.08. The predicted octanol–water partition coefficient (Wildman–Crippen LogP) is 3.86. The molecule has 15 heteroatoms. The molecule has 4 aromatic carbocycles. The number of carbonyl (C=O) groups excluding carboxylic acids is 5. The molecule has 8 atom stereocenters. The van der Waals surface area contributed by atoms with Gasteiger partial charge in [0.15, 0.2) is 6.04 Å². The van der Waals surface area contributed by atoms with E-state index < -0.39 is 88.9 Å². The van der Waals surface area contributed by atoms with E-state index in [2.05, 4.69) is 5.32 Å². The molecule has 9 rings (SSSR count). The smallest absolute Gasteiger partial charge is 0.348 e. The molecule has 4 aromatic rings. The van der Waals surface area contributed by atoms with Gasteiger partial charge in [0.1, 0.15) is 42.5 Å². The Hall–Kier alpha value is -6.23. The first kappa shape index (κ1) is 44.0. The molecule has 0 unspecified atom stereocenters. The summed E-state index contributed by atoms with van der Waals surface area (Å²) in [6.07, 6.45) is -1.95. The Kier molecular flexibility index (Phi) is 11.9. The molecule has 0 aromatic heterocycles. The summed E-state index contributed by atoms with van der Waals surface area (Å²) < 4.78 is 31.0. The molecule has 0 spiro atoms. The average molecular weight is 886 g/mol. The minimum Gasteiger partial charge on any atom is -0.462 e. The Morgan fingerprint density at radius 2 is 1.52 bits per heavy atom. The van der Waals surface area contributed by atoms with Crippen molar-refractivity contribution < 1.29 is 57.6 Å². The van der Waals surface area contributed by atoms with E-state index in [0.29, 0.717) is 22.3 Å². The second-order valence-corrected chi connectivity index (χ2v) is 17.9. The summed E-state index contributed by atoms with van der Waals surface area (Å²) in [6, 6.07) is 33.0. The largest absolute Gasteiger partial charge is 0.462 e. The van der Waals surface area contributed by atoms with Gasteiger partial charge in [-0.15, -0.1) is 0 Å². The zero-order valence-electron chi connectivity index (χ0n) is 36.2. The van der Waals surface area contributed by atoms with Crippen molar-refractivity contribution in [1.29, 1.82) is 0 Å². The minimum absolute atomic E-state index is 0.000897. The Morgan fingerprint density at radius 3 is 2.17 bits per heavy atom. The van der Waals surface area contributed by atoms with Crippen LogP contribution in [-0.2, 0) is 71.2 Å². The molecule has 5 aliphatic rings. The predicted molar refractivity (Wildman–Crippen MR) is 231 cm³/mol. The molecule has 4 saturated heterocycles. The molecule has 0 radical (unpaired) electrons. The van der Waals surface area contributed by atoms with Crippen LogP contribution in [0.4, 0.5) is 0 Å². The molecule has 338 valence electrons. The highest BCUT2D eigenvalue weighted by atomic mass is 16.8. The molecular weight excluding hydrogens is 835 g/mol. The number of fused-ring (bicyclic) bond motifs is 4. The third-order valence-corrected chi connectivity index (χ3v) is 13.1. The lowest BCUT2D eigenvalue weighted by Crippen LogP contribution is -2.70. The van der Waals surface area contributed by atoms with Gasteiger partial charge in [0.25, 0.3) is 0 Å². The van der Waals surface area contributed by atoms with E-state index >= 15 is 4.79 Å². The zero-order chi connectivity index (χ0) is 45.5. The minimum atomic E-state index is -1.63. The number of hydroxylamine groups is 2. The number of benzene rings is 4. The first-order chi connectivity index (χ1) is 31.3. The number of cyclic esters (lactones) is 1. The van der Waals surface area contributed by atoms with Crippen molar-refractivity contribution in [1.82, 2.24) is 15.3 Å². The monoisotopic (exact) mass is 885 g/mol. The molecule has 65 heavy (non-hydrogen) atoms. The van der Waals surface area contributed by atoms with Crippen molar-refractivity contribution in [2.24, 2.45) is 10.8 Å². The van der Waals surface area contributed by atoms with Gasteiger partial charge in [-0.3, -0.25) is 19.2 Å². The van der Waals surface area contributed by atoms with Gasteiger partial charge in [-0.1, -0.05) is 129 Å². The highest BCUT2D eigenvalue weighted by molar-refractivity contribution is 5.96. The van der Waals surface area contributed by atoms with Gasteiger partial charge in [0, 0.05) is 49.1 Å². The Morgan fingerprint density at radius 1 is 0.877 bits per heavy atom. The van der Waals surface area contributed by atoms with Crippen molar-refractivity contribution >= 4 is 35.8 Å². The Labute approximate surface area is 376 Å². The highest BCUT2D eigenvalue weighted by Crippen LogP contribution is 2.60. The summed E-state index contributed by atoms with van der Waals surface area (Å²) in [5, 5.41) is 13.8. The maximum absolute atomic E-state index is 15.7. The molecule has 4 aliphatic heterocycles. The van der Waals surface area contributed by atoms with Gasteiger partial charge >= 0.3 is 17.9 Å². The lowest BCUT2D eigenvalue weighted by molar-refractivity contribution is -0.214. The fraction of sp³-hybridized carbons (Fsp3) is 0.380. The van der Waals surface area contributed by atoms with Crippen LogP contribution >= 0.6 is 0 Å². The number of amides is 2. The second-order valence-electron chi connectivity index (χ2n) is 17.9. The lowest BCUT2D eigenvalue weighted by atomic mass is 9.62. The summed E-state index contributed by atoms with van der Waals surface area (Å²) in [6.45, 7) is 3.39. The van der Waals surface area contributed by atoms with Crippen LogP contribution in [0.15, 0.2) is 121 Å². The molecular formula is C50H51N3O12. The highest BCUT2D eigenvalue weighted by Gasteiger charge is 2.77. The molecule has 2 N–H and O–H groups in total. The van der Waals surface area contributed by atoms with Crippen molar-refractivity contribution in [3.8, 4) is 0 Å². The first-order valence-corrected chi connectivity index (χ1v) is 21.8. The second kappa shape index (κ2) is 17.6. The third-order valence-electron chi connectivity index (χ3n) is 13.1. The molecule has 1 aliphatic carbocycles. The van der Waals surface area contributed by atoms with Gasteiger partial charge < -0.3 is 39.0 Å². The number of aliphatic hydroxyl groups is 1. The van der Waals surface area contributed by atoms with Crippen LogP contribution in [0, 0.1) is 10.8 Å². The molecule has 15 nitrogen and oxygen atoms in total. The van der Waals surface area contributed by atoms with Gasteiger partial charge in [-0.05, 0) is 22.8 Å². The number of esters is 3. The van der Waals surface area contributed by atoms with Crippen molar-refractivity contribution in [3.05, 3.63) is 149 Å². The maximum atomic E-state index is 15.7. The molecule has 5 fully saturated rings. The van der Waals surface area contributed by atoms with E-state index in [0.717, 1.165) is 5.56 Å². The fourth-order valence-electron chi connectivity index (χ4n) is 9.91. The molecule has 1 saturated carbocycles. The van der Waals surface area contributed by atoms with Crippen molar-refractivity contribution in [2.45, 2.75) is 81.6 Å². The first-order valence-electron chi connectivity index (χ1n) is 21.8. The Bertz CT molecular complexity index is 2430. The van der Waals surface area contributed by atoms with Crippen LogP contribution in [0.3, 0.4) is 0 Å². The number of nitrogens with zero attached hydrogens (tertiary/aromatic N) is 2. The van der Waals surface area contributed by atoms with Crippen LogP contribution in [0.1, 0.15) is 48.1 Å². The van der Waals surface area contributed by atoms with Crippen LogP contribution in [0.25, 0.3) is 6.08 Å². The number of rotatable bonds is 14. The van der Waals surface area contributed by atoms with E-state index in [9.17, 15) is 24.3 Å². The van der Waals surface area contributed by atoms with Crippen LogP contribution in [-0.4, -0.2) is 114 Å². The number of carbonyl (C=O) groups is 5. The van der Waals surface area contributed by atoms with Crippen LogP contribution < -0.4 is 5.32 Å². The number of hydrogen-bond donors (Lipinski definition) is 2. The number of ether oxygens (including phenoxy) is 5. The third kappa shape index (κ3) is 8.01. The zero-order valence-corrected chi connectivity index (χ0v) is 36.2. The molecule has 4 heterocycles. The van der Waals surface area contributed by atoms with Gasteiger partial charge in [0.05, 0.1) is 13.2 Å². The van der Waals surface area contributed by atoms with E-state index in [-0.39, 0.29) is 39.1 Å². The summed E-state index contributed by atoms with van der Waals surface area (Å²) >= 11 is 0. The summed E-state index contributed by atoms with van der Waals surface area (Å²) in [7, 11) is 1.55. The standard InChI is InChI=1S/C50H51N3O12/c1-48(2)30-60-46(58)43(48)62-38(55)23-22-32-16-13-17-33(26-32)29-53-41-45(57)61-37-28-49(41,47(59)52(3)36(44(56)51-24-25-54)27-31-14-7-4-8-15-31)42(65-53)40-39(37)63-50(64-40,34-18-9-5-10-19-34)35-20-11-6-12-21-35/h4-23,26,36-37,39-43,54H,24-25,27-30H2,1-3H3,(H,51,56)/t36-,37-,39+,40+,41+,42-,43+,49+/m1/s1. The number of nitrogens with one attached hydrogen (secondary N) is 1. The van der Waals surface area contributed by atoms with Gasteiger partial charge in [0.2, 0.25) is 23.7 Å². The number of likely N-dealkylation sites (N-methyl/N-ethyl adjacent to an activating group) is 1. The summed E-state index contributed by atoms with van der Waals surface area (Å²) in [5.41, 5.74) is 1.15. The molecule has 2 amide bonds. The topological polar surface area (TPSA) is 179 Å². The van der Waals surface area contributed by atoms with Crippen molar-refractivity contribution in [3.63, 3.8) is 0 Å². The van der Waals surface area contributed by atoms with Crippen LogP contribution in [0.5, 0.6) is 0 Å². The van der Waals surface area contributed by atoms with Gasteiger partial charge in [-0.2, -0.15) is 5.06 Å². The summed E-state index contributed by atoms with van der Waals surface area (Å²) in [4.78, 5) is 77.7. The number of hydrogen-bond acceptors (Lipinski definition) is 13. The molecule has 2 bridgehead atoms. The van der Waals surface area contributed by atoms with E-state index in [1.54, 1.807) is 45.2 Å². The van der Waals surface area contributed by atoms with E-state index in [4.69, 9.17) is 28.5 Å². The van der Waals surface area contributed by atoms with Crippen molar-refractivity contribution in [2.75, 3.05) is 26.8 Å². The fourth-order valence-corrected chi connectivity index (χ4v) is 9.91. The average Bonchev–Trinajstić information content (AvgIpc) is 3.98. The summed E-state index contributed by atoms with van der Waals surface area (Å²) in [5.74, 6) is -4.46. The van der Waals surface area contributed by atoms with Crippen LogP contribution in [0.2, 0.25) is 0 Å². The van der Waals surface area contributed by atoms with E-state index in [1.165, 1.54) is 16.0 Å². The SMILES string of the molecule is CN(C(=O)[C@@]12C[C@H]3OC(=O)[C@@H]1N(Cc1cccc(C=CC(=O)O[C@H]4C(=O)OCC4(C)C)c1)O[C@@H]2[C@H]1OC(c2ccccc2)(c2ccccc2)O[C@H]13)[C@H](Cc1ccccc1)C(=O)NCCO. The maximum Gasteiger partial charge on any atom is 0.348 e. The van der Waals surface area contributed by atoms with Gasteiger partial charge in [-0.25, -0.2) is 9.59 Å². The number of aliphatic hydroxyl groups excluding tert-OH is 1. The lowest BCUT2D eigenvalue weighted by Gasteiger charge is -2.50. The quantitative estimate of drug-likeness (QED) is 0.106.